The third kappa shape index (κ3) is 5.06. The Balaban J connectivity index is 1.41. The van der Waals surface area contributed by atoms with Gasteiger partial charge in [-0.25, -0.2) is 9.97 Å². The van der Waals surface area contributed by atoms with Crippen LogP contribution in [0.1, 0.15) is 31.0 Å². The number of nitrogens with zero attached hydrogens (tertiary/aromatic N) is 3. The van der Waals surface area contributed by atoms with Crippen molar-refractivity contribution in [2.45, 2.75) is 39.7 Å². The van der Waals surface area contributed by atoms with Gasteiger partial charge in [-0.05, 0) is 61.7 Å². The highest BCUT2D eigenvalue weighted by Gasteiger charge is 2.09. The van der Waals surface area contributed by atoms with Crippen LogP contribution in [0.15, 0.2) is 59.7 Å². The van der Waals surface area contributed by atoms with Crippen molar-refractivity contribution in [3.05, 3.63) is 76.5 Å². The maximum absolute atomic E-state index is 12.4. The molecule has 31 heavy (non-hydrogen) atoms. The fraction of sp³-hybridized carbons (Fsp3) is 0.250. The zero-order chi connectivity index (χ0) is 21.8. The number of nitrogens with one attached hydrogen (secondary N) is 1. The SMILES string of the molecule is CCCCc1cc(=O)n(CC(=O)Nc2ccc(-c3nc4ccc(C)cc4s3)cc2)cn1. The van der Waals surface area contributed by atoms with Crippen molar-refractivity contribution in [3.8, 4) is 10.6 Å². The highest BCUT2D eigenvalue weighted by atomic mass is 32.1. The van der Waals surface area contributed by atoms with Crippen LogP contribution in [0.5, 0.6) is 0 Å². The monoisotopic (exact) mass is 432 g/mol. The van der Waals surface area contributed by atoms with Crippen molar-refractivity contribution in [2.75, 3.05) is 5.32 Å². The summed E-state index contributed by atoms with van der Waals surface area (Å²) >= 11 is 1.65. The van der Waals surface area contributed by atoms with Gasteiger partial charge in [0.15, 0.2) is 0 Å². The van der Waals surface area contributed by atoms with Crippen LogP contribution in [0.2, 0.25) is 0 Å². The number of anilines is 1. The predicted molar refractivity (Wildman–Crippen MR) is 126 cm³/mol. The normalized spacial score (nSPS) is 11.0. The molecule has 0 saturated carbocycles. The molecule has 4 aromatic rings. The summed E-state index contributed by atoms with van der Waals surface area (Å²) in [7, 11) is 0. The van der Waals surface area contributed by atoms with E-state index in [-0.39, 0.29) is 18.0 Å². The molecule has 158 valence electrons. The summed E-state index contributed by atoms with van der Waals surface area (Å²) in [5.74, 6) is -0.270. The molecular weight excluding hydrogens is 408 g/mol. The minimum Gasteiger partial charge on any atom is -0.325 e. The molecule has 2 aromatic heterocycles. The Hall–Kier alpha value is -3.32. The molecule has 0 saturated heterocycles. The standard InChI is InChI=1S/C24H24N4O2S/c1-3-4-5-19-13-23(30)28(15-25-19)14-22(29)26-18-9-7-17(8-10-18)24-27-20-11-6-16(2)12-21(20)31-24/h6-13,15H,3-5,14H2,1-2H3,(H,26,29). The van der Waals surface area contributed by atoms with Gasteiger partial charge in [-0.1, -0.05) is 19.4 Å². The number of carbonyl (C=O) groups excluding carboxylic acids is 1. The summed E-state index contributed by atoms with van der Waals surface area (Å²) in [4.78, 5) is 33.6. The Kier molecular flexibility index (Phi) is 6.23. The molecule has 2 heterocycles. The third-order valence-corrected chi connectivity index (χ3v) is 6.06. The average Bonchev–Trinajstić information content (AvgIpc) is 3.17. The molecule has 0 aliphatic rings. The van der Waals surface area contributed by atoms with E-state index in [0.717, 1.165) is 45.7 Å². The van der Waals surface area contributed by atoms with Crippen LogP contribution < -0.4 is 10.9 Å². The Labute approximate surface area is 184 Å². The molecule has 1 N–H and O–H groups in total. The molecule has 2 aromatic carbocycles. The first-order valence-corrected chi connectivity index (χ1v) is 11.2. The molecule has 7 heteroatoms. The quantitative estimate of drug-likeness (QED) is 0.455. The minimum atomic E-state index is -0.270. The van der Waals surface area contributed by atoms with Crippen molar-refractivity contribution in [2.24, 2.45) is 0 Å². The van der Waals surface area contributed by atoms with Gasteiger partial charge >= 0.3 is 0 Å². The van der Waals surface area contributed by atoms with Crippen molar-refractivity contribution in [3.63, 3.8) is 0 Å². The second-order valence-electron chi connectivity index (χ2n) is 7.57. The summed E-state index contributed by atoms with van der Waals surface area (Å²) in [6.45, 7) is 4.10. The summed E-state index contributed by atoms with van der Waals surface area (Å²) < 4.78 is 2.48. The molecule has 0 aliphatic heterocycles. The van der Waals surface area contributed by atoms with Gasteiger partial charge < -0.3 is 5.32 Å². The zero-order valence-electron chi connectivity index (χ0n) is 17.6. The van der Waals surface area contributed by atoms with E-state index in [9.17, 15) is 9.59 Å². The highest BCUT2D eigenvalue weighted by molar-refractivity contribution is 7.21. The number of unbranched alkanes of at least 4 members (excludes halogenated alkanes) is 1. The van der Waals surface area contributed by atoms with Crippen LogP contribution in [0.3, 0.4) is 0 Å². The molecule has 0 fully saturated rings. The first kappa shape index (κ1) is 20.9. The minimum absolute atomic E-state index is 0.0706. The molecule has 1 amide bonds. The van der Waals surface area contributed by atoms with Crippen molar-refractivity contribution in [1.82, 2.24) is 14.5 Å². The van der Waals surface area contributed by atoms with Crippen LogP contribution >= 0.6 is 11.3 Å². The third-order valence-electron chi connectivity index (χ3n) is 5.00. The Morgan fingerprint density at radius 2 is 1.94 bits per heavy atom. The number of thiazole rings is 1. The first-order valence-electron chi connectivity index (χ1n) is 10.3. The highest BCUT2D eigenvalue weighted by Crippen LogP contribution is 2.31. The number of amides is 1. The number of hydrogen-bond donors (Lipinski definition) is 1. The van der Waals surface area contributed by atoms with Gasteiger partial charge in [0.25, 0.3) is 5.56 Å². The molecule has 0 radical (unpaired) electrons. The molecule has 0 unspecified atom stereocenters. The van der Waals surface area contributed by atoms with Crippen LogP contribution in [-0.2, 0) is 17.8 Å². The van der Waals surface area contributed by atoms with E-state index in [2.05, 4.69) is 36.3 Å². The maximum atomic E-state index is 12.4. The van der Waals surface area contributed by atoms with E-state index in [1.807, 2.05) is 30.3 Å². The summed E-state index contributed by atoms with van der Waals surface area (Å²) in [6.07, 6.45) is 4.26. The number of fused-ring (bicyclic) bond motifs is 1. The van der Waals surface area contributed by atoms with Crippen molar-refractivity contribution in [1.29, 1.82) is 0 Å². The van der Waals surface area contributed by atoms with Gasteiger partial charge in [0.05, 0.1) is 16.5 Å². The van der Waals surface area contributed by atoms with Gasteiger partial charge in [-0.15, -0.1) is 11.3 Å². The molecular formula is C24H24N4O2S. The number of carbonyl (C=O) groups is 1. The van der Waals surface area contributed by atoms with E-state index >= 15 is 0 Å². The summed E-state index contributed by atoms with van der Waals surface area (Å²) in [5.41, 5.74) is 4.43. The maximum Gasteiger partial charge on any atom is 0.253 e. The number of hydrogen-bond acceptors (Lipinski definition) is 5. The van der Waals surface area contributed by atoms with Gasteiger partial charge in [-0.3, -0.25) is 14.2 Å². The molecule has 0 aliphatic carbocycles. The molecule has 4 rings (SSSR count). The topological polar surface area (TPSA) is 76.9 Å². The molecule has 0 atom stereocenters. The average molecular weight is 433 g/mol. The first-order chi connectivity index (χ1) is 15.0. The Morgan fingerprint density at radius 1 is 1.13 bits per heavy atom. The Bertz CT molecular complexity index is 1270. The smallest absolute Gasteiger partial charge is 0.253 e. The van der Waals surface area contributed by atoms with Crippen LogP contribution in [-0.4, -0.2) is 20.4 Å². The molecule has 0 spiro atoms. The van der Waals surface area contributed by atoms with Crippen molar-refractivity contribution >= 4 is 33.1 Å². The van der Waals surface area contributed by atoms with E-state index in [1.54, 1.807) is 11.3 Å². The number of aromatic nitrogens is 3. The zero-order valence-corrected chi connectivity index (χ0v) is 18.4. The van der Waals surface area contributed by atoms with E-state index < -0.39 is 0 Å². The lowest BCUT2D eigenvalue weighted by Crippen LogP contribution is -2.27. The van der Waals surface area contributed by atoms with E-state index in [0.29, 0.717) is 5.69 Å². The van der Waals surface area contributed by atoms with Crippen LogP contribution in [0.4, 0.5) is 5.69 Å². The second-order valence-corrected chi connectivity index (χ2v) is 8.60. The van der Waals surface area contributed by atoms with Crippen molar-refractivity contribution < 1.29 is 4.79 Å². The van der Waals surface area contributed by atoms with E-state index in [4.69, 9.17) is 4.98 Å². The predicted octanol–water partition coefficient (Wildman–Crippen LogP) is 4.81. The van der Waals surface area contributed by atoms with E-state index in [1.165, 1.54) is 22.5 Å². The van der Waals surface area contributed by atoms with Gasteiger partial charge in [0, 0.05) is 23.0 Å². The summed E-state index contributed by atoms with van der Waals surface area (Å²) in [5, 5.41) is 3.78. The second kappa shape index (κ2) is 9.22. The lowest BCUT2D eigenvalue weighted by molar-refractivity contribution is -0.116. The fourth-order valence-corrected chi connectivity index (χ4v) is 4.35. The lowest BCUT2D eigenvalue weighted by atomic mass is 10.2. The summed E-state index contributed by atoms with van der Waals surface area (Å²) in [6, 6.07) is 15.3. The Morgan fingerprint density at radius 3 is 2.68 bits per heavy atom. The molecule has 6 nitrogen and oxygen atoms in total. The molecule has 0 bridgehead atoms. The number of rotatable bonds is 7. The van der Waals surface area contributed by atoms with Gasteiger partial charge in [0.1, 0.15) is 11.6 Å². The van der Waals surface area contributed by atoms with Crippen LogP contribution in [0.25, 0.3) is 20.8 Å². The van der Waals surface area contributed by atoms with Gasteiger partial charge in [0.2, 0.25) is 5.91 Å². The lowest BCUT2D eigenvalue weighted by Gasteiger charge is -2.08. The fourth-order valence-electron chi connectivity index (χ4n) is 3.28. The number of benzene rings is 2. The number of aryl methyl sites for hydroxylation is 2. The largest absolute Gasteiger partial charge is 0.325 e. The van der Waals surface area contributed by atoms with Crippen LogP contribution in [0, 0.1) is 6.92 Å². The van der Waals surface area contributed by atoms with Gasteiger partial charge in [-0.2, -0.15) is 0 Å².